The maximum absolute atomic E-state index is 13.1. The van der Waals surface area contributed by atoms with Gasteiger partial charge >= 0.3 is 5.97 Å². The number of halogens is 1. The second kappa shape index (κ2) is 9.32. The first-order valence-corrected chi connectivity index (χ1v) is 12.6. The highest BCUT2D eigenvalue weighted by atomic mass is 35.5. The largest absolute Gasteiger partial charge is 0.491 e. The van der Waals surface area contributed by atoms with E-state index in [0.717, 1.165) is 10.9 Å². The molecule has 3 aromatic rings. The van der Waals surface area contributed by atoms with Gasteiger partial charge in [0, 0.05) is 30.9 Å². The summed E-state index contributed by atoms with van der Waals surface area (Å²) < 4.78 is 35.0. The van der Waals surface area contributed by atoms with Crippen molar-refractivity contribution >= 4 is 38.6 Å². The van der Waals surface area contributed by atoms with Gasteiger partial charge in [0.25, 0.3) is 0 Å². The monoisotopic (exact) mass is 491 g/mol. The Kier molecular flexibility index (Phi) is 6.65. The van der Waals surface area contributed by atoms with Gasteiger partial charge in [0.05, 0.1) is 16.0 Å². The molecular formula is C23H26ClN3O5S. The van der Waals surface area contributed by atoms with Crippen LogP contribution in [0.2, 0.25) is 5.02 Å². The summed E-state index contributed by atoms with van der Waals surface area (Å²) in [5.41, 5.74) is 1.52. The normalized spacial score (nSPS) is 15.9. The van der Waals surface area contributed by atoms with Crippen molar-refractivity contribution in [1.82, 2.24) is 13.9 Å². The third kappa shape index (κ3) is 5.00. The molecule has 3 heterocycles. The van der Waals surface area contributed by atoms with Crippen molar-refractivity contribution in [3.63, 3.8) is 0 Å². The van der Waals surface area contributed by atoms with Gasteiger partial charge in [0.1, 0.15) is 17.9 Å². The number of aromatic nitrogens is 2. The van der Waals surface area contributed by atoms with E-state index >= 15 is 0 Å². The molecular weight excluding hydrogens is 466 g/mol. The molecule has 33 heavy (non-hydrogen) atoms. The third-order valence-corrected chi connectivity index (χ3v) is 7.86. The van der Waals surface area contributed by atoms with Crippen LogP contribution < -0.4 is 4.74 Å². The topological polar surface area (TPSA) is 102 Å². The third-order valence-electron chi connectivity index (χ3n) is 5.74. The smallest absolute Gasteiger partial charge is 0.323 e. The standard InChI is InChI=1S/C23H26ClN3O5S/c1-15(2)32-18-3-5-19(6-4-18)33(30,31)27-9-7-16(8-10-27)21-13-26(14-22(28)29)23-20(21)11-17(24)12-25-23/h3-6,11-13,15-16H,7-10,14H2,1-2H3,(H,28,29). The number of benzene rings is 1. The maximum atomic E-state index is 13.1. The first-order valence-electron chi connectivity index (χ1n) is 10.8. The molecule has 0 saturated carbocycles. The lowest BCUT2D eigenvalue weighted by Gasteiger charge is -2.31. The zero-order chi connectivity index (χ0) is 23.8. The summed E-state index contributed by atoms with van der Waals surface area (Å²) in [5.74, 6) is -0.246. The Morgan fingerprint density at radius 2 is 1.91 bits per heavy atom. The highest BCUT2D eigenvalue weighted by molar-refractivity contribution is 7.89. The molecule has 1 aliphatic heterocycles. The van der Waals surface area contributed by atoms with Gasteiger partial charge in [-0.05, 0) is 68.5 Å². The average molecular weight is 492 g/mol. The molecule has 0 bridgehead atoms. The zero-order valence-electron chi connectivity index (χ0n) is 18.4. The lowest BCUT2D eigenvalue weighted by Crippen LogP contribution is -2.37. The Balaban J connectivity index is 1.52. The molecule has 1 saturated heterocycles. The molecule has 0 atom stereocenters. The number of ether oxygens (including phenoxy) is 1. The van der Waals surface area contributed by atoms with Crippen LogP contribution in [0.25, 0.3) is 11.0 Å². The van der Waals surface area contributed by atoms with Gasteiger partial charge in [-0.15, -0.1) is 0 Å². The van der Waals surface area contributed by atoms with Crippen LogP contribution in [0.3, 0.4) is 0 Å². The maximum Gasteiger partial charge on any atom is 0.323 e. The number of aliphatic carboxylic acids is 1. The molecule has 1 aromatic carbocycles. The number of hydrogen-bond donors (Lipinski definition) is 1. The van der Waals surface area contributed by atoms with Gasteiger partial charge in [-0.1, -0.05) is 11.6 Å². The number of nitrogens with zero attached hydrogens (tertiary/aromatic N) is 3. The van der Waals surface area contributed by atoms with Gasteiger partial charge in [0.15, 0.2) is 0 Å². The molecule has 176 valence electrons. The molecule has 1 N–H and O–H groups in total. The fraction of sp³-hybridized carbons (Fsp3) is 0.391. The van der Waals surface area contributed by atoms with Gasteiger partial charge in [0.2, 0.25) is 10.0 Å². The van der Waals surface area contributed by atoms with E-state index in [1.54, 1.807) is 34.9 Å². The second-order valence-corrected chi connectivity index (χ2v) is 10.8. The van der Waals surface area contributed by atoms with E-state index in [4.69, 9.17) is 16.3 Å². The summed E-state index contributed by atoms with van der Waals surface area (Å²) in [6, 6.07) is 8.29. The van der Waals surface area contributed by atoms with Crippen molar-refractivity contribution < 1.29 is 23.1 Å². The summed E-state index contributed by atoms with van der Waals surface area (Å²) >= 11 is 6.15. The molecule has 0 amide bonds. The molecule has 0 spiro atoms. The molecule has 2 aromatic heterocycles. The number of piperidine rings is 1. The fourth-order valence-corrected chi connectivity index (χ4v) is 5.91. The predicted octanol–water partition coefficient (Wildman–Crippen LogP) is 4.13. The van der Waals surface area contributed by atoms with Crippen molar-refractivity contribution in [2.75, 3.05) is 13.1 Å². The fourth-order valence-electron chi connectivity index (χ4n) is 4.28. The minimum atomic E-state index is -3.61. The molecule has 4 rings (SSSR count). The molecule has 0 aliphatic carbocycles. The highest BCUT2D eigenvalue weighted by Crippen LogP contribution is 2.36. The summed E-state index contributed by atoms with van der Waals surface area (Å²) in [6.45, 7) is 4.37. The van der Waals surface area contributed by atoms with Crippen molar-refractivity contribution in [3.8, 4) is 5.75 Å². The van der Waals surface area contributed by atoms with E-state index in [9.17, 15) is 18.3 Å². The number of carbonyl (C=O) groups is 1. The lowest BCUT2D eigenvalue weighted by molar-refractivity contribution is -0.137. The van der Waals surface area contributed by atoms with E-state index in [1.807, 2.05) is 20.0 Å². The van der Waals surface area contributed by atoms with E-state index in [0.29, 0.717) is 42.4 Å². The van der Waals surface area contributed by atoms with Crippen LogP contribution in [0.15, 0.2) is 47.6 Å². The number of carboxylic acid groups (broad SMARTS) is 1. The van der Waals surface area contributed by atoms with Crippen molar-refractivity contribution in [2.24, 2.45) is 0 Å². The number of sulfonamides is 1. The summed E-state index contributed by atoms with van der Waals surface area (Å²) in [4.78, 5) is 15.8. The first-order chi connectivity index (χ1) is 15.6. The van der Waals surface area contributed by atoms with Crippen LogP contribution in [0.1, 0.15) is 38.2 Å². The van der Waals surface area contributed by atoms with Crippen LogP contribution >= 0.6 is 11.6 Å². The molecule has 10 heteroatoms. The lowest BCUT2D eigenvalue weighted by atomic mass is 9.90. The van der Waals surface area contributed by atoms with Crippen LogP contribution in [-0.2, 0) is 21.4 Å². The summed E-state index contributed by atoms with van der Waals surface area (Å²) in [5, 5.41) is 10.5. The Hall–Kier alpha value is -2.62. The van der Waals surface area contributed by atoms with Crippen LogP contribution in [0, 0.1) is 0 Å². The molecule has 1 aliphatic rings. The quantitative estimate of drug-likeness (QED) is 0.533. The molecule has 0 radical (unpaired) electrons. The Morgan fingerprint density at radius 1 is 1.24 bits per heavy atom. The molecule has 0 unspecified atom stereocenters. The van der Waals surface area contributed by atoms with Crippen molar-refractivity contribution in [1.29, 1.82) is 0 Å². The van der Waals surface area contributed by atoms with Crippen molar-refractivity contribution in [2.45, 2.75) is 50.2 Å². The van der Waals surface area contributed by atoms with Gasteiger partial charge in [-0.25, -0.2) is 13.4 Å². The van der Waals surface area contributed by atoms with Crippen LogP contribution in [-0.4, -0.2) is 52.5 Å². The minimum absolute atomic E-state index is 0.0120. The SMILES string of the molecule is CC(C)Oc1ccc(S(=O)(=O)N2CCC(c3cn(CC(=O)O)c4ncc(Cl)cc34)CC2)cc1. The summed E-state index contributed by atoms with van der Waals surface area (Å²) in [6.07, 6.45) is 4.56. The Labute approximate surface area is 197 Å². The van der Waals surface area contributed by atoms with Crippen LogP contribution in [0.4, 0.5) is 0 Å². The van der Waals surface area contributed by atoms with E-state index in [1.165, 1.54) is 10.5 Å². The highest BCUT2D eigenvalue weighted by Gasteiger charge is 2.31. The zero-order valence-corrected chi connectivity index (χ0v) is 20.0. The van der Waals surface area contributed by atoms with Crippen LogP contribution in [0.5, 0.6) is 5.75 Å². The van der Waals surface area contributed by atoms with Gasteiger partial charge in [-0.3, -0.25) is 4.79 Å². The van der Waals surface area contributed by atoms with E-state index < -0.39 is 16.0 Å². The van der Waals surface area contributed by atoms with Gasteiger partial charge in [-0.2, -0.15) is 4.31 Å². The minimum Gasteiger partial charge on any atom is -0.491 e. The average Bonchev–Trinajstić information content (AvgIpc) is 3.10. The molecule has 8 nitrogen and oxygen atoms in total. The van der Waals surface area contributed by atoms with E-state index in [2.05, 4.69) is 4.98 Å². The molecule has 1 fully saturated rings. The first kappa shape index (κ1) is 23.5. The number of rotatable bonds is 7. The summed E-state index contributed by atoms with van der Waals surface area (Å²) in [7, 11) is -3.61. The second-order valence-electron chi connectivity index (χ2n) is 8.45. The van der Waals surface area contributed by atoms with Crippen molar-refractivity contribution in [3.05, 3.63) is 53.3 Å². The Bertz CT molecular complexity index is 1260. The number of hydrogen-bond acceptors (Lipinski definition) is 5. The number of pyridine rings is 1. The number of carboxylic acids is 1. The van der Waals surface area contributed by atoms with E-state index in [-0.39, 0.29) is 23.5 Å². The predicted molar refractivity (Wildman–Crippen MR) is 125 cm³/mol. The number of fused-ring (bicyclic) bond motifs is 1. The Morgan fingerprint density at radius 3 is 2.52 bits per heavy atom. The van der Waals surface area contributed by atoms with Gasteiger partial charge < -0.3 is 14.4 Å².